The molecule has 0 aliphatic carbocycles. The van der Waals surface area contributed by atoms with E-state index in [-0.39, 0.29) is 17.8 Å². The van der Waals surface area contributed by atoms with Crippen molar-refractivity contribution < 1.29 is 14.3 Å². The molecule has 30 heavy (non-hydrogen) atoms. The maximum atomic E-state index is 13.5. The van der Waals surface area contributed by atoms with E-state index in [1.165, 1.54) is 6.07 Å². The first-order valence-electron chi connectivity index (χ1n) is 11.0. The quantitative estimate of drug-likeness (QED) is 0.789. The molecule has 2 aliphatic heterocycles. The largest absolute Gasteiger partial charge is 0.388 e. The number of likely N-dealkylation sites (tertiary alicyclic amines) is 2. The second-order valence-corrected chi connectivity index (χ2v) is 8.63. The molecule has 1 aromatic carbocycles. The lowest BCUT2D eigenvalue weighted by atomic mass is 9.90. The fraction of sp³-hybridized carbons (Fsp3) is 0.565. The smallest absolute Gasteiger partial charge is 0.239 e. The highest BCUT2D eigenvalue weighted by Crippen LogP contribution is 2.28. The van der Waals surface area contributed by atoms with Crippen LogP contribution in [0.15, 0.2) is 36.7 Å². The van der Waals surface area contributed by atoms with Crippen molar-refractivity contribution in [1.82, 2.24) is 19.4 Å². The Morgan fingerprint density at radius 2 is 2.10 bits per heavy atom. The molecular weight excluding hydrogens is 383 g/mol. The Morgan fingerprint density at radius 1 is 1.30 bits per heavy atom. The van der Waals surface area contributed by atoms with Crippen molar-refractivity contribution in [2.24, 2.45) is 0 Å². The second kappa shape index (κ2) is 8.86. The summed E-state index contributed by atoms with van der Waals surface area (Å²) in [6.45, 7) is 5.15. The van der Waals surface area contributed by atoms with Crippen molar-refractivity contribution in [2.75, 3.05) is 19.6 Å². The van der Waals surface area contributed by atoms with Gasteiger partial charge in [-0.3, -0.25) is 9.69 Å². The highest BCUT2D eigenvalue weighted by Gasteiger charge is 2.39. The molecule has 1 atom stereocenters. The minimum absolute atomic E-state index is 0.142. The van der Waals surface area contributed by atoms with Crippen LogP contribution in [0.4, 0.5) is 4.39 Å². The minimum atomic E-state index is -0.807. The van der Waals surface area contributed by atoms with Crippen molar-refractivity contribution >= 4 is 5.91 Å². The van der Waals surface area contributed by atoms with Crippen LogP contribution < -0.4 is 0 Å². The molecule has 2 aliphatic rings. The van der Waals surface area contributed by atoms with Gasteiger partial charge < -0.3 is 14.6 Å². The van der Waals surface area contributed by atoms with Gasteiger partial charge in [-0.25, -0.2) is 9.37 Å². The number of aliphatic hydroxyl groups is 1. The number of carbonyl (C=O) groups excluding carboxylic acids is 1. The molecule has 1 aromatic heterocycles. The lowest BCUT2D eigenvalue weighted by molar-refractivity contribution is -0.140. The summed E-state index contributed by atoms with van der Waals surface area (Å²) in [4.78, 5) is 21.6. The third-order valence-electron chi connectivity index (χ3n) is 6.51. The van der Waals surface area contributed by atoms with Crippen LogP contribution in [0, 0.1) is 5.82 Å². The molecule has 2 fully saturated rings. The number of carbonyl (C=O) groups is 1. The van der Waals surface area contributed by atoms with Crippen LogP contribution in [-0.2, 0) is 24.3 Å². The van der Waals surface area contributed by atoms with Crippen LogP contribution in [0.25, 0.3) is 0 Å². The number of rotatable bonds is 6. The molecule has 0 saturated carbocycles. The van der Waals surface area contributed by atoms with Crippen LogP contribution in [0.1, 0.15) is 44.0 Å². The van der Waals surface area contributed by atoms with E-state index in [9.17, 15) is 14.3 Å². The SMILES string of the molecule is CCc1nccn1CC1(O)CCN(C(=O)[C@@H]2CCCN2Cc2cccc(F)c2)CC1. The molecule has 6 nitrogen and oxygen atoms in total. The number of imidazole rings is 1. The Bertz CT molecular complexity index is 876. The monoisotopic (exact) mass is 414 g/mol. The maximum absolute atomic E-state index is 13.5. The Morgan fingerprint density at radius 3 is 2.83 bits per heavy atom. The van der Waals surface area contributed by atoms with Gasteiger partial charge in [0.25, 0.3) is 0 Å². The summed E-state index contributed by atoms with van der Waals surface area (Å²) in [5.41, 5.74) is 0.0907. The third kappa shape index (κ3) is 4.57. The Kier molecular flexibility index (Phi) is 6.20. The summed E-state index contributed by atoms with van der Waals surface area (Å²) in [6, 6.07) is 6.46. The normalized spacial score (nSPS) is 21.8. The number of aromatic nitrogens is 2. The first kappa shape index (κ1) is 21.0. The molecule has 162 valence electrons. The standard InChI is InChI=1S/C23H31FN4O2/c1-2-21-25-10-14-28(21)17-23(30)8-12-26(13-9-23)22(29)20-7-4-11-27(20)16-18-5-3-6-19(24)15-18/h3,5-6,10,14-15,20,30H,2,4,7-9,11-13,16-17H2,1H3/t20-/m0/s1. The van der Waals surface area contributed by atoms with Crippen molar-refractivity contribution in [3.8, 4) is 0 Å². The fourth-order valence-corrected chi connectivity index (χ4v) is 4.79. The average Bonchev–Trinajstić information content (AvgIpc) is 3.37. The summed E-state index contributed by atoms with van der Waals surface area (Å²) in [5.74, 6) is 0.873. The molecule has 0 unspecified atom stereocenters. The molecule has 0 spiro atoms. The number of hydrogen-bond acceptors (Lipinski definition) is 4. The third-order valence-corrected chi connectivity index (χ3v) is 6.51. The van der Waals surface area contributed by atoms with Crippen LogP contribution >= 0.6 is 0 Å². The topological polar surface area (TPSA) is 61.6 Å². The Balaban J connectivity index is 1.35. The Labute approximate surface area is 177 Å². The number of aryl methyl sites for hydroxylation is 1. The number of nitrogens with zero attached hydrogens (tertiary/aromatic N) is 4. The highest BCUT2D eigenvalue weighted by atomic mass is 19.1. The molecule has 2 aromatic rings. The zero-order valence-corrected chi connectivity index (χ0v) is 17.6. The van der Waals surface area contributed by atoms with Crippen molar-refractivity contribution in [1.29, 1.82) is 0 Å². The van der Waals surface area contributed by atoms with E-state index in [0.717, 1.165) is 37.2 Å². The summed E-state index contributed by atoms with van der Waals surface area (Å²) in [7, 11) is 0. The van der Waals surface area contributed by atoms with Gasteiger partial charge in [-0.2, -0.15) is 0 Å². The Hall–Kier alpha value is -2.25. The van der Waals surface area contributed by atoms with Gasteiger partial charge in [-0.05, 0) is 49.9 Å². The van der Waals surface area contributed by atoms with Crippen LogP contribution in [0.5, 0.6) is 0 Å². The summed E-state index contributed by atoms with van der Waals surface area (Å²) in [6.07, 6.45) is 7.46. The number of piperidine rings is 1. The van der Waals surface area contributed by atoms with Gasteiger partial charge in [0.1, 0.15) is 11.6 Å². The average molecular weight is 415 g/mol. The van der Waals surface area contributed by atoms with Crippen LogP contribution in [-0.4, -0.2) is 61.6 Å². The van der Waals surface area contributed by atoms with Crippen molar-refractivity contribution in [3.63, 3.8) is 0 Å². The number of benzene rings is 1. The molecule has 3 heterocycles. The van der Waals surface area contributed by atoms with E-state index in [1.54, 1.807) is 18.3 Å². The van der Waals surface area contributed by atoms with E-state index in [1.807, 2.05) is 21.7 Å². The van der Waals surface area contributed by atoms with Gasteiger partial charge in [0, 0.05) is 38.4 Å². The van der Waals surface area contributed by atoms with E-state index < -0.39 is 5.60 Å². The zero-order chi connectivity index (χ0) is 21.1. The fourth-order valence-electron chi connectivity index (χ4n) is 4.79. The predicted molar refractivity (Wildman–Crippen MR) is 112 cm³/mol. The maximum Gasteiger partial charge on any atom is 0.239 e. The molecule has 0 radical (unpaired) electrons. The van der Waals surface area contributed by atoms with Gasteiger partial charge in [-0.1, -0.05) is 19.1 Å². The van der Waals surface area contributed by atoms with Gasteiger partial charge >= 0.3 is 0 Å². The van der Waals surface area contributed by atoms with Crippen LogP contribution in [0.3, 0.4) is 0 Å². The molecular formula is C23H31FN4O2. The van der Waals surface area contributed by atoms with E-state index in [0.29, 0.717) is 39.0 Å². The van der Waals surface area contributed by atoms with E-state index >= 15 is 0 Å². The van der Waals surface area contributed by atoms with E-state index in [4.69, 9.17) is 0 Å². The predicted octanol–water partition coefficient (Wildman–Crippen LogP) is 2.60. The van der Waals surface area contributed by atoms with Gasteiger partial charge in [0.2, 0.25) is 5.91 Å². The van der Waals surface area contributed by atoms with Crippen LogP contribution in [0.2, 0.25) is 0 Å². The van der Waals surface area contributed by atoms with Gasteiger partial charge in [-0.15, -0.1) is 0 Å². The molecule has 7 heteroatoms. The first-order valence-corrected chi connectivity index (χ1v) is 11.0. The summed E-state index contributed by atoms with van der Waals surface area (Å²) < 4.78 is 15.5. The van der Waals surface area contributed by atoms with Crippen molar-refractivity contribution in [2.45, 2.75) is 63.8 Å². The lowest BCUT2D eigenvalue weighted by Gasteiger charge is -2.40. The number of halogens is 1. The first-order chi connectivity index (χ1) is 14.5. The van der Waals surface area contributed by atoms with E-state index in [2.05, 4.69) is 16.8 Å². The molecule has 0 bridgehead atoms. The van der Waals surface area contributed by atoms with Gasteiger partial charge in [0.15, 0.2) is 0 Å². The van der Waals surface area contributed by atoms with Gasteiger partial charge in [0.05, 0.1) is 18.2 Å². The summed E-state index contributed by atoms with van der Waals surface area (Å²) >= 11 is 0. The minimum Gasteiger partial charge on any atom is -0.388 e. The molecule has 4 rings (SSSR count). The zero-order valence-electron chi connectivity index (χ0n) is 17.6. The molecule has 1 amide bonds. The molecule has 1 N–H and O–H groups in total. The number of hydrogen-bond donors (Lipinski definition) is 1. The number of amides is 1. The van der Waals surface area contributed by atoms with Crippen molar-refractivity contribution in [3.05, 3.63) is 53.9 Å². The lowest BCUT2D eigenvalue weighted by Crippen LogP contribution is -2.53. The summed E-state index contributed by atoms with van der Waals surface area (Å²) in [5, 5.41) is 11.1. The molecule has 2 saturated heterocycles. The second-order valence-electron chi connectivity index (χ2n) is 8.63. The highest BCUT2D eigenvalue weighted by molar-refractivity contribution is 5.82.